The highest BCUT2D eigenvalue weighted by Crippen LogP contribution is 2.25. The molecule has 1 aromatic heterocycles. The molecular weight excluding hydrogens is 268 g/mol. The van der Waals surface area contributed by atoms with Gasteiger partial charge in [0, 0.05) is 19.1 Å². The van der Waals surface area contributed by atoms with Crippen LogP contribution < -0.4 is 5.32 Å². The lowest BCUT2D eigenvalue weighted by atomic mass is 10.2. The number of nitrogens with zero attached hydrogens (tertiary/aromatic N) is 1. The van der Waals surface area contributed by atoms with Crippen molar-refractivity contribution in [2.45, 2.75) is 31.8 Å². The number of halogens is 1. The van der Waals surface area contributed by atoms with Gasteiger partial charge in [-0.1, -0.05) is 0 Å². The average molecular weight is 287 g/mol. The first-order valence-electron chi connectivity index (χ1n) is 5.85. The van der Waals surface area contributed by atoms with Gasteiger partial charge >= 0.3 is 0 Å². The van der Waals surface area contributed by atoms with Gasteiger partial charge in [-0.05, 0) is 54.9 Å². The van der Waals surface area contributed by atoms with Gasteiger partial charge in [0.2, 0.25) is 0 Å². The molecule has 4 heteroatoms. The van der Waals surface area contributed by atoms with E-state index < -0.39 is 0 Å². The molecule has 3 nitrogen and oxygen atoms in total. The zero-order valence-electron chi connectivity index (χ0n) is 9.87. The summed E-state index contributed by atoms with van der Waals surface area (Å²) in [4.78, 5) is 2.43. The third-order valence-corrected chi connectivity index (χ3v) is 3.53. The third kappa shape index (κ3) is 3.34. The minimum atomic E-state index is 0.277. The molecule has 16 heavy (non-hydrogen) atoms. The molecule has 1 unspecified atom stereocenters. The van der Waals surface area contributed by atoms with E-state index in [1.54, 1.807) is 0 Å². The van der Waals surface area contributed by atoms with Crippen molar-refractivity contribution in [1.29, 1.82) is 0 Å². The molecule has 1 atom stereocenters. The van der Waals surface area contributed by atoms with Gasteiger partial charge in [-0.3, -0.25) is 0 Å². The second-order valence-electron chi connectivity index (χ2n) is 4.53. The van der Waals surface area contributed by atoms with Gasteiger partial charge in [0.1, 0.15) is 5.76 Å². The molecule has 0 bridgehead atoms. The first-order valence-corrected chi connectivity index (χ1v) is 6.65. The maximum absolute atomic E-state index is 5.50. The van der Waals surface area contributed by atoms with Gasteiger partial charge in [0.15, 0.2) is 4.67 Å². The molecule has 1 aliphatic rings. The van der Waals surface area contributed by atoms with Gasteiger partial charge in [0.25, 0.3) is 0 Å². The van der Waals surface area contributed by atoms with Crippen molar-refractivity contribution in [2.75, 3.05) is 20.1 Å². The van der Waals surface area contributed by atoms with E-state index >= 15 is 0 Å². The maximum atomic E-state index is 5.50. The van der Waals surface area contributed by atoms with E-state index in [0.29, 0.717) is 0 Å². The van der Waals surface area contributed by atoms with E-state index in [-0.39, 0.29) is 6.04 Å². The van der Waals surface area contributed by atoms with Crippen molar-refractivity contribution in [1.82, 2.24) is 10.2 Å². The lowest BCUT2D eigenvalue weighted by Gasteiger charge is -2.17. The lowest BCUT2D eigenvalue weighted by Crippen LogP contribution is -2.31. The van der Waals surface area contributed by atoms with Crippen molar-refractivity contribution < 1.29 is 4.42 Å². The molecule has 0 saturated heterocycles. The number of rotatable bonds is 6. The molecule has 1 saturated carbocycles. The molecule has 1 heterocycles. The predicted octanol–water partition coefficient (Wildman–Crippen LogP) is 2.79. The van der Waals surface area contributed by atoms with Crippen LogP contribution in [0.3, 0.4) is 0 Å². The van der Waals surface area contributed by atoms with E-state index in [4.69, 9.17) is 4.42 Å². The van der Waals surface area contributed by atoms with Gasteiger partial charge in [0.05, 0.1) is 6.04 Å². The average Bonchev–Trinajstić information content (AvgIpc) is 3.01. The van der Waals surface area contributed by atoms with E-state index in [2.05, 4.69) is 40.1 Å². The standard InChI is InChI=1S/C12H19BrN2O/c1-9(11-5-6-12(13)16-11)14-7-8-15(2)10-3-4-10/h5-6,9-10,14H,3-4,7-8H2,1-2H3. The molecule has 0 spiro atoms. The number of likely N-dealkylation sites (N-methyl/N-ethyl adjacent to an activating group) is 1. The highest BCUT2D eigenvalue weighted by molar-refractivity contribution is 9.10. The molecular formula is C12H19BrN2O. The normalized spacial score (nSPS) is 18.0. The van der Waals surface area contributed by atoms with Crippen molar-refractivity contribution >= 4 is 15.9 Å². The summed E-state index contributed by atoms with van der Waals surface area (Å²) < 4.78 is 6.30. The summed E-state index contributed by atoms with van der Waals surface area (Å²) in [7, 11) is 2.20. The van der Waals surface area contributed by atoms with E-state index in [0.717, 1.165) is 29.6 Å². The van der Waals surface area contributed by atoms with Crippen molar-refractivity contribution in [2.24, 2.45) is 0 Å². The van der Waals surface area contributed by atoms with Gasteiger partial charge in [-0.15, -0.1) is 0 Å². The van der Waals surface area contributed by atoms with Gasteiger partial charge in [-0.2, -0.15) is 0 Å². The summed E-state index contributed by atoms with van der Waals surface area (Å²) in [6.07, 6.45) is 2.74. The highest BCUT2D eigenvalue weighted by Gasteiger charge is 2.25. The molecule has 1 fully saturated rings. The quantitative estimate of drug-likeness (QED) is 0.872. The smallest absolute Gasteiger partial charge is 0.169 e. The summed E-state index contributed by atoms with van der Waals surface area (Å²) in [5.41, 5.74) is 0. The van der Waals surface area contributed by atoms with Crippen LogP contribution in [0, 0.1) is 0 Å². The number of hydrogen-bond acceptors (Lipinski definition) is 3. The van der Waals surface area contributed by atoms with Crippen LogP contribution in [0.4, 0.5) is 0 Å². The van der Waals surface area contributed by atoms with Crippen LogP contribution >= 0.6 is 15.9 Å². The molecule has 0 aliphatic heterocycles. The number of hydrogen-bond donors (Lipinski definition) is 1. The largest absolute Gasteiger partial charge is 0.453 e. The molecule has 1 aliphatic carbocycles. The summed E-state index contributed by atoms with van der Waals surface area (Å²) >= 11 is 3.32. The van der Waals surface area contributed by atoms with Crippen molar-refractivity contribution in [3.63, 3.8) is 0 Å². The van der Waals surface area contributed by atoms with Gasteiger partial charge in [-0.25, -0.2) is 0 Å². The second-order valence-corrected chi connectivity index (χ2v) is 5.31. The summed E-state index contributed by atoms with van der Waals surface area (Å²) in [6.45, 7) is 4.24. The Morgan fingerprint density at radius 2 is 2.31 bits per heavy atom. The van der Waals surface area contributed by atoms with E-state index in [1.807, 2.05) is 12.1 Å². The highest BCUT2D eigenvalue weighted by atomic mass is 79.9. The Kier molecular flexibility index (Phi) is 4.05. The van der Waals surface area contributed by atoms with Crippen molar-refractivity contribution in [3.8, 4) is 0 Å². The molecule has 90 valence electrons. The Morgan fingerprint density at radius 1 is 1.56 bits per heavy atom. The predicted molar refractivity (Wildman–Crippen MR) is 68.5 cm³/mol. The molecule has 0 radical (unpaired) electrons. The van der Waals surface area contributed by atoms with E-state index in [9.17, 15) is 0 Å². The monoisotopic (exact) mass is 286 g/mol. The second kappa shape index (κ2) is 5.34. The Labute approximate surface area is 105 Å². The van der Waals surface area contributed by atoms with Crippen LogP contribution in [0.15, 0.2) is 21.2 Å². The first-order chi connectivity index (χ1) is 7.66. The Balaban J connectivity index is 1.69. The first kappa shape index (κ1) is 12.1. The van der Waals surface area contributed by atoms with Crippen LogP contribution in [-0.2, 0) is 0 Å². The molecule has 0 aromatic carbocycles. The summed E-state index contributed by atoms with van der Waals surface area (Å²) in [5.74, 6) is 0.987. The van der Waals surface area contributed by atoms with E-state index in [1.165, 1.54) is 12.8 Å². The zero-order chi connectivity index (χ0) is 11.5. The lowest BCUT2D eigenvalue weighted by molar-refractivity contribution is 0.310. The van der Waals surface area contributed by atoms with Crippen LogP contribution in [0.5, 0.6) is 0 Å². The fourth-order valence-corrected chi connectivity index (χ4v) is 2.14. The van der Waals surface area contributed by atoms with Gasteiger partial charge < -0.3 is 14.6 Å². The number of nitrogens with one attached hydrogen (secondary N) is 1. The Morgan fingerprint density at radius 3 is 2.88 bits per heavy atom. The molecule has 1 N–H and O–H groups in total. The molecule has 2 rings (SSSR count). The summed E-state index contributed by atoms with van der Waals surface area (Å²) in [5, 5.41) is 3.47. The van der Waals surface area contributed by atoms with Crippen LogP contribution in [0.2, 0.25) is 0 Å². The summed E-state index contributed by atoms with van der Waals surface area (Å²) in [6, 6.07) is 5.06. The fraction of sp³-hybridized carbons (Fsp3) is 0.667. The zero-order valence-corrected chi connectivity index (χ0v) is 11.5. The topological polar surface area (TPSA) is 28.4 Å². The Hall–Kier alpha value is -0.320. The van der Waals surface area contributed by atoms with Crippen molar-refractivity contribution in [3.05, 3.63) is 22.6 Å². The maximum Gasteiger partial charge on any atom is 0.169 e. The molecule has 0 amide bonds. The number of furan rings is 1. The minimum absolute atomic E-state index is 0.277. The van der Waals surface area contributed by atoms with Crippen LogP contribution in [0.25, 0.3) is 0 Å². The van der Waals surface area contributed by atoms with Crippen LogP contribution in [-0.4, -0.2) is 31.1 Å². The van der Waals surface area contributed by atoms with Crippen LogP contribution in [0.1, 0.15) is 31.6 Å². The molecule has 1 aromatic rings. The third-order valence-electron chi connectivity index (χ3n) is 3.11. The fourth-order valence-electron chi connectivity index (χ4n) is 1.82. The minimum Gasteiger partial charge on any atom is -0.453 e. The SMILES string of the molecule is CC(NCCN(C)C1CC1)c1ccc(Br)o1. The Bertz CT molecular complexity index is 336.